The maximum atomic E-state index is 12.4. The number of aliphatic hydroxyl groups is 1. The molecule has 2 aromatic carbocycles. The van der Waals surface area contributed by atoms with Gasteiger partial charge in [-0.15, -0.1) is 0 Å². The number of nitrogens with one attached hydrogen (secondary N) is 1. The van der Waals surface area contributed by atoms with Crippen LogP contribution in [-0.4, -0.2) is 17.6 Å². The van der Waals surface area contributed by atoms with Crippen LogP contribution in [0.4, 0.5) is 5.69 Å². The van der Waals surface area contributed by atoms with E-state index in [1.165, 1.54) is 0 Å². The molecule has 0 saturated carbocycles. The van der Waals surface area contributed by atoms with Gasteiger partial charge in [0, 0.05) is 16.8 Å². The molecule has 1 amide bonds. The Bertz CT molecular complexity index is 852. The van der Waals surface area contributed by atoms with Gasteiger partial charge in [0.15, 0.2) is 0 Å². The number of rotatable bonds is 6. The molecule has 0 aliphatic carbocycles. The summed E-state index contributed by atoms with van der Waals surface area (Å²) in [5.41, 5.74) is 2.04. The van der Waals surface area contributed by atoms with Crippen molar-refractivity contribution in [1.82, 2.24) is 0 Å². The molecule has 5 heteroatoms. The Kier molecular flexibility index (Phi) is 5.16. The summed E-state index contributed by atoms with van der Waals surface area (Å²) in [7, 11) is 0. The van der Waals surface area contributed by atoms with Crippen LogP contribution in [0.2, 0.25) is 0 Å². The fraction of sp³-hybridized carbons (Fsp3) is 0.150. The molecule has 0 fully saturated rings. The Balaban J connectivity index is 1.74. The zero-order chi connectivity index (χ0) is 17.6. The van der Waals surface area contributed by atoms with Gasteiger partial charge in [0.1, 0.15) is 23.9 Å². The number of carbonyl (C=O) groups is 1. The van der Waals surface area contributed by atoms with E-state index in [2.05, 4.69) is 5.32 Å². The molecule has 0 aliphatic heterocycles. The van der Waals surface area contributed by atoms with E-state index in [1.807, 2.05) is 31.2 Å². The third-order valence-corrected chi connectivity index (χ3v) is 3.65. The van der Waals surface area contributed by atoms with Gasteiger partial charge in [-0.2, -0.15) is 0 Å². The molecule has 0 radical (unpaired) electrons. The van der Waals surface area contributed by atoms with E-state index in [1.54, 1.807) is 36.4 Å². The number of furan rings is 1. The average Bonchev–Trinajstić information content (AvgIpc) is 3.12. The fourth-order valence-electron chi connectivity index (χ4n) is 2.44. The third kappa shape index (κ3) is 4.08. The highest BCUT2D eigenvalue weighted by molar-refractivity contribution is 6.04. The molecule has 0 saturated heterocycles. The van der Waals surface area contributed by atoms with Gasteiger partial charge in [-0.3, -0.25) is 4.79 Å². The Labute approximate surface area is 145 Å². The van der Waals surface area contributed by atoms with E-state index in [0.29, 0.717) is 29.4 Å². The van der Waals surface area contributed by atoms with Gasteiger partial charge in [-0.25, -0.2) is 0 Å². The van der Waals surface area contributed by atoms with Crippen molar-refractivity contribution < 1.29 is 19.1 Å². The minimum Gasteiger partial charge on any atom is -0.494 e. The Morgan fingerprint density at radius 1 is 1.12 bits per heavy atom. The highest BCUT2D eigenvalue weighted by atomic mass is 16.5. The first-order valence-corrected chi connectivity index (χ1v) is 8.04. The average molecular weight is 337 g/mol. The third-order valence-electron chi connectivity index (χ3n) is 3.65. The first kappa shape index (κ1) is 16.8. The molecule has 0 spiro atoms. The second-order valence-electron chi connectivity index (χ2n) is 5.42. The van der Waals surface area contributed by atoms with Crippen LogP contribution in [0.15, 0.2) is 65.1 Å². The van der Waals surface area contributed by atoms with Crippen LogP contribution in [0.5, 0.6) is 5.75 Å². The number of hydrogen-bond donors (Lipinski definition) is 2. The monoisotopic (exact) mass is 337 g/mol. The number of amides is 1. The van der Waals surface area contributed by atoms with E-state index in [0.717, 1.165) is 11.3 Å². The lowest BCUT2D eigenvalue weighted by Crippen LogP contribution is -2.11. The number of hydrogen-bond acceptors (Lipinski definition) is 4. The summed E-state index contributed by atoms with van der Waals surface area (Å²) >= 11 is 0. The van der Waals surface area contributed by atoms with Gasteiger partial charge >= 0.3 is 0 Å². The van der Waals surface area contributed by atoms with Crippen molar-refractivity contribution in [2.45, 2.75) is 13.5 Å². The van der Waals surface area contributed by atoms with Gasteiger partial charge in [0.25, 0.3) is 5.91 Å². The molecular weight excluding hydrogens is 318 g/mol. The van der Waals surface area contributed by atoms with Crippen molar-refractivity contribution in [3.8, 4) is 17.1 Å². The van der Waals surface area contributed by atoms with E-state index in [4.69, 9.17) is 14.3 Å². The summed E-state index contributed by atoms with van der Waals surface area (Å²) in [5.74, 6) is 1.68. The molecular formula is C20H19NO4. The van der Waals surface area contributed by atoms with Crippen LogP contribution >= 0.6 is 0 Å². The van der Waals surface area contributed by atoms with E-state index >= 15 is 0 Å². The van der Waals surface area contributed by atoms with Crippen molar-refractivity contribution in [2.24, 2.45) is 0 Å². The molecule has 5 nitrogen and oxygen atoms in total. The minimum atomic E-state index is -0.198. The summed E-state index contributed by atoms with van der Waals surface area (Å²) in [6.07, 6.45) is 0. The Hall–Kier alpha value is -3.05. The smallest absolute Gasteiger partial charge is 0.255 e. The van der Waals surface area contributed by atoms with E-state index in [-0.39, 0.29) is 12.5 Å². The molecule has 1 heterocycles. The molecule has 25 heavy (non-hydrogen) atoms. The largest absolute Gasteiger partial charge is 0.494 e. The van der Waals surface area contributed by atoms with Gasteiger partial charge in [0.2, 0.25) is 0 Å². The quantitative estimate of drug-likeness (QED) is 0.711. The second kappa shape index (κ2) is 7.68. The molecule has 0 atom stereocenters. The number of anilines is 1. The number of carbonyl (C=O) groups excluding carboxylic acids is 1. The first-order chi connectivity index (χ1) is 12.2. The molecule has 3 aromatic rings. The first-order valence-electron chi connectivity index (χ1n) is 8.04. The molecule has 1 aromatic heterocycles. The van der Waals surface area contributed by atoms with E-state index < -0.39 is 0 Å². The maximum absolute atomic E-state index is 12.4. The van der Waals surface area contributed by atoms with Crippen LogP contribution in [0, 0.1) is 0 Å². The van der Waals surface area contributed by atoms with Crippen molar-refractivity contribution >= 4 is 11.6 Å². The maximum Gasteiger partial charge on any atom is 0.255 e. The lowest BCUT2D eigenvalue weighted by atomic mass is 10.1. The number of benzene rings is 2. The minimum absolute atomic E-state index is 0.145. The molecule has 0 unspecified atom stereocenters. The standard InChI is InChI=1S/C20H19NO4/c1-2-24-17-8-6-14(7-9-17)20(23)21-16-5-3-4-15(12-16)19-11-10-18(13-22)25-19/h3-12,22H,2,13H2,1H3,(H,21,23). The lowest BCUT2D eigenvalue weighted by Gasteiger charge is -2.08. The van der Waals surface area contributed by atoms with Gasteiger partial charge < -0.3 is 19.6 Å². The van der Waals surface area contributed by atoms with Crippen LogP contribution in [0.1, 0.15) is 23.0 Å². The van der Waals surface area contributed by atoms with Crippen molar-refractivity contribution in [1.29, 1.82) is 0 Å². The van der Waals surface area contributed by atoms with Gasteiger partial charge in [-0.05, 0) is 55.5 Å². The summed E-state index contributed by atoms with van der Waals surface area (Å²) in [4.78, 5) is 12.4. The number of aliphatic hydroxyl groups excluding tert-OH is 1. The van der Waals surface area contributed by atoms with Crippen LogP contribution in [-0.2, 0) is 6.61 Å². The predicted octanol–water partition coefficient (Wildman–Crippen LogP) is 4.09. The normalized spacial score (nSPS) is 10.5. The Morgan fingerprint density at radius 2 is 1.92 bits per heavy atom. The molecule has 128 valence electrons. The van der Waals surface area contributed by atoms with Crippen LogP contribution in [0.25, 0.3) is 11.3 Å². The number of ether oxygens (including phenoxy) is 1. The predicted molar refractivity (Wildman–Crippen MR) is 95.6 cm³/mol. The summed E-state index contributed by atoms with van der Waals surface area (Å²) in [6, 6.07) is 17.9. The van der Waals surface area contributed by atoms with Crippen LogP contribution in [0.3, 0.4) is 0 Å². The fourth-order valence-corrected chi connectivity index (χ4v) is 2.44. The molecule has 3 rings (SSSR count). The highest BCUT2D eigenvalue weighted by Gasteiger charge is 2.09. The van der Waals surface area contributed by atoms with Gasteiger partial charge in [0.05, 0.1) is 6.61 Å². The van der Waals surface area contributed by atoms with Crippen molar-refractivity contribution in [2.75, 3.05) is 11.9 Å². The molecule has 0 aliphatic rings. The van der Waals surface area contributed by atoms with Crippen LogP contribution < -0.4 is 10.1 Å². The highest BCUT2D eigenvalue weighted by Crippen LogP contribution is 2.25. The summed E-state index contributed by atoms with van der Waals surface area (Å²) in [6.45, 7) is 2.35. The molecule has 0 bridgehead atoms. The zero-order valence-corrected chi connectivity index (χ0v) is 13.9. The lowest BCUT2D eigenvalue weighted by molar-refractivity contribution is 0.102. The van der Waals surface area contributed by atoms with Gasteiger partial charge in [-0.1, -0.05) is 12.1 Å². The van der Waals surface area contributed by atoms with E-state index in [9.17, 15) is 4.79 Å². The Morgan fingerprint density at radius 3 is 2.60 bits per heavy atom. The van der Waals surface area contributed by atoms with Crippen molar-refractivity contribution in [3.05, 3.63) is 72.0 Å². The topological polar surface area (TPSA) is 71.7 Å². The summed E-state index contributed by atoms with van der Waals surface area (Å²) < 4.78 is 10.9. The second-order valence-corrected chi connectivity index (χ2v) is 5.42. The summed E-state index contributed by atoms with van der Waals surface area (Å²) in [5, 5.41) is 12.0. The zero-order valence-electron chi connectivity index (χ0n) is 13.9. The van der Waals surface area contributed by atoms with Crippen molar-refractivity contribution in [3.63, 3.8) is 0 Å². The molecule has 2 N–H and O–H groups in total. The SMILES string of the molecule is CCOc1ccc(C(=O)Nc2cccc(-c3ccc(CO)o3)c2)cc1.